The molecule has 0 aliphatic carbocycles. The number of carbonyl (C=O) groups excluding carboxylic acids is 1. The fourth-order valence-corrected chi connectivity index (χ4v) is 1.71. The van der Waals surface area contributed by atoms with E-state index < -0.39 is 0 Å². The summed E-state index contributed by atoms with van der Waals surface area (Å²) in [6.07, 6.45) is 3.02. The van der Waals surface area contributed by atoms with Crippen molar-refractivity contribution >= 4 is 17.4 Å². The van der Waals surface area contributed by atoms with E-state index in [2.05, 4.69) is 34.4 Å². The van der Waals surface area contributed by atoms with Gasteiger partial charge in [-0.05, 0) is 30.2 Å². The van der Waals surface area contributed by atoms with Crippen LogP contribution in [0.2, 0.25) is 0 Å². The van der Waals surface area contributed by atoms with Crippen LogP contribution in [-0.2, 0) is 0 Å². The highest BCUT2D eigenvalue weighted by atomic mass is 16.5. The zero-order valence-corrected chi connectivity index (χ0v) is 13.0. The Balaban J connectivity index is 1.96. The maximum atomic E-state index is 12.1. The summed E-state index contributed by atoms with van der Waals surface area (Å²) in [7, 11) is 1.60. The summed E-state index contributed by atoms with van der Waals surface area (Å²) in [4.78, 5) is 20.4. The predicted octanol–water partition coefficient (Wildman–Crippen LogP) is 2.81. The third-order valence-corrected chi connectivity index (χ3v) is 2.92. The van der Waals surface area contributed by atoms with Crippen LogP contribution in [0.25, 0.3) is 0 Å². The Morgan fingerprint density at radius 3 is 2.45 bits per heavy atom. The molecular weight excluding hydrogens is 280 g/mol. The second-order valence-corrected chi connectivity index (χ2v) is 5.24. The van der Waals surface area contributed by atoms with Crippen molar-refractivity contribution in [1.29, 1.82) is 0 Å². The Hall–Kier alpha value is -2.63. The van der Waals surface area contributed by atoms with Crippen molar-refractivity contribution in [3.8, 4) is 5.75 Å². The van der Waals surface area contributed by atoms with Gasteiger partial charge in [0, 0.05) is 12.2 Å². The molecule has 1 aromatic heterocycles. The Labute approximate surface area is 129 Å². The van der Waals surface area contributed by atoms with Crippen LogP contribution in [0.15, 0.2) is 36.7 Å². The van der Waals surface area contributed by atoms with Gasteiger partial charge in [0.2, 0.25) is 0 Å². The van der Waals surface area contributed by atoms with E-state index >= 15 is 0 Å². The minimum Gasteiger partial charge on any atom is -0.497 e. The summed E-state index contributed by atoms with van der Waals surface area (Å²) >= 11 is 0. The number of hydrogen-bond acceptors (Lipinski definition) is 5. The molecule has 0 saturated carbocycles. The van der Waals surface area contributed by atoms with Gasteiger partial charge >= 0.3 is 0 Å². The molecule has 22 heavy (non-hydrogen) atoms. The van der Waals surface area contributed by atoms with Crippen molar-refractivity contribution in [2.75, 3.05) is 24.3 Å². The number of hydrogen-bond donors (Lipinski definition) is 2. The van der Waals surface area contributed by atoms with Crippen molar-refractivity contribution in [3.05, 3.63) is 42.4 Å². The van der Waals surface area contributed by atoms with Crippen LogP contribution in [-0.4, -0.2) is 29.5 Å². The molecule has 0 radical (unpaired) electrons. The number of aromatic nitrogens is 2. The van der Waals surface area contributed by atoms with Crippen molar-refractivity contribution in [3.63, 3.8) is 0 Å². The summed E-state index contributed by atoms with van der Waals surface area (Å²) in [6, 6.07) is 7.09. The van der Waals surface area contributed by atoms with E-state index in [1.807, 2.05) is 0 Å². The molecule has 6 heteroatoms. The average molecular weight is 300 g/mol. The summed E-state index contributed by atoms with van der Waals surface area (Å²) in [6.45, 7) is 5.03. The number of nitrogens with one attached hydrogen (secondary N) is 2. The second kappa shape index (κ2) is 7.40. The van der Waals surface area contributed by atoms with Gasteiger partial charge in [-0.3, -0.25) is 4.79 Å². The first-order chi connectivity index (χ1) is 10.6. The molecule has 2 aromatic rings. The second-order valence-electron chi connectivity index (χ2n) is 5.24. The Morgan fingerprint density at radius 2 is 1.91 bits per heavy atom. The average Bonchev–Trinajstić information content (AvgIpc) is 2.54. The summed E-state index contributed by atoms with van der Waals surface area (Å²) in [5.41, 5.74) is 0.945. The molecule has 6 nitrogen and oxygen atoms in total. The van der Waals surface area contributed by atoms with Gasteiger partial charge in [0.15, 0.2) is 0 Å². The van der Waals surface area contributed by atoms with E-state index in [9.17, 15) is 4.79 Å². The van der Waals surface area contributed by atoms with Gasteiger partial charge in [-0.15, -0.1) is 0 Å². The van der Waals surface area contributed by atoms with Crippen molar-refractivity contribution < 1.29 is 9.53 Å². The maximum absolute atomic E-state index is 12.1. The maximum Gasteiger partial charge on any atom is 0.275 e. The van der Waals surface area contributed by atoms with Gasteiger partial charge < -0.3 is 15.4 Å². The number of nitrogens with zero attached hydrogens (tertiary/aromatic N) is 2. The first-order valence-corrected chi connectivity index (χ1v) is 7.10. The molecule has 1 heterocycles. The Kier molecular flexibility index (Phi) is 5.30. The first-order valence-electron chi connectivity index (χ1n) is 7.10. The van der Waals surface area contributed by atoms with Gasteiger partial charge in [0.25, 0.3) is 5.91 Å². The quantitative estimate of drug-likeness (QED) is 0.858. The van der Waals surface area contributed by atoms with Crippen LogP contribution in [0.1, 0.15) is 24.3 Å². The third kappa shape index (κ3) is 4.44. The van der Waals surface area contributed by atoms with E-state index in [1.165, 1.54) is 6.20 Å². The van der Waals surface area contributed by atoms with Crippen LogP contribution in [0, 0.1) is 5.92 Å². The highest BCUT2D eigenvalue weighted by Gasteiger charge is 2.08. The molecule has 2 N–H and O–H groups in total. The largest absolute Gasteiger partial charge is 0.497 e. The lowest BCUT2D eigenvalue weighted by Crippen LogP contribution is -2.15. The number of rotatable bonds is 6. The lowest BCUT2D eigenvalue weighted by Gasteiger charge is -2.08. The number of ether oxygens (including phenoxy) is 1. The van der Waals surface area contributed by atoms with E-state index in [0.717, 1.165) is 12.3 Å². The molecule has 1 aromatic carbocycles. The minimum absolute atomic E-state index is 0.269. The monoisotopic (exact) mass is 300 g/mol. The number of methoxy groups -OCH3 is 1. The van der Waals surface area contributed by atoms with Crippen LogP contribution in [0.3, 0.4) is 0 Å². The number of benzene rings is 1. The molecule has 1 amide bonds. The van der Waals surface area contributed by atoms with Crippen LogP contribution in [0.4, 0.5) is 11.5 Å². The molecule has 0 atom stereocenters. The lowest BCUT2D eigenvalue weighted by molar-refractivity contribution is 0.102. The molecule has 0 spiro atoms. The third-order valence-electron chi connectivity index (χ3n) is 2.92. The highest BCUT2D eigenvalue weighted by Crippen LogP contribution is 2.15. The van der Waals surface area contributed by atoms with E-state index in [4.69, 9.17) is 4.74 Å². The topological polar surface area (TPSA) is 76.1 Å². The van der Waals surface area contributed by atoms with E-state index in [1.54, 1.807) is 37.6 Å². The summed E-state index contributed by atoms with van der Waals surface area (Å²) < 4.78 is 5.07. The van der Waals surface area contributed by atoms with E-state index in [0.29, 0.717) is 17.4 Å². The molecule has 116 valence electrons. The fraction of sp³-hybridized carbons (Fsp3) is 0.312. The van der Waals surface area contributed by atoms with Crippen molar-refractivity contribution in [2.24, 2.45) is 5.92 Å². The van der Waals surface area contributed by atoms with Gasteiger partial charge in [-0.2, -0.15) is 0 Å². The van der Waals surface area contributed by atoms with E-state index in [-0.39, 0.29) is 11.6 Å². The molecule has 0 bridgehead atoms. The number of amides is 1. The smallest absolute Gasteiger partial charge is 0.275 e. The summed E-state index contributed by atoms with van der Waals surface area (Å²) in [5.74, 6) is 1.61. The fourth-order valence-electron chi connectivity index (χ4n) is 1.71. The van der Waals surface area contributed by atoms with Gasteiger partial charge in [0.1, 0.15) is 17.3 Å². The Bertz CT molecular complexity index is 609. The van der Waals surface area contributed by atoms with Gasteiger partial charge in [0.05, 0.1) is 19.5 Å². The van der Waals surface area contributed by atoms with Crippen molar-refractivity contribution in [1.82, 2.24) is 9.97 Å². The minimum atomic E-state index is -0.298. The molecule has 0 aliphatic rings. The Morgan fingerprint density at radius 1 is 1.18 bits per heavy atom. The standard InChI is InChI=1S/C16H20N4O2/c1-11(2)8-18-15-10-17-14(9-19-15)16(21)20-12-4-6-13(22-3)7-5-12/h4-7,9-11H,8H2,1-3H3,(H,18,19)(H,20,21). The normalized spacial score (nSPS) is 10.4. The van der Waals surface area contributed by atoms with Crippen LogP contribution >= 0.6 is 0 Å². The molecule has 0 unspecified atom stereocenters. The van der Waals surface area contributed by atoms with Crippen LogP contribution < -0.4 is 15.4 Å². The predicted molar refractivity (Wildman–Crippen MR) is 86.3 cm³/mol. The number of anilines is 2. The van der Waals surface area contributed by atoms with Crippen molar-refractivity contribution in [2.45, 2.75) is 13.8 Å². The molecule has 0 fully saturated rings. The SMILES string of the molecule is COc1ccc(NC(=O)c2cnc(NCC(C)C)cn2)cc1. The molecular formula is C16H20N4O2. The zero-order valence-electron chi connectivity index (χ0n) is 13.0. The first kappa shape index (κ1) is 15.8. The molecule has 0 aliphatic heterocycles. The number of carbonyl (C=O) groups is 1. The lowest BCUT2D eigenvalue weighted by atomic mass is 10.2. The molecule has 2 rings (SSSR count). The van der Waals surface area contributed by atoms with Gasteiger partial charge in [-0.25, -0.2) is 9.97 Å². The van der Waals surface area contributed by atoms with Crippen LogP contribution in [0.5, 0.6) is 5.75 Å². The summed E-state index contributed by atoms with van der Waals surface area (Å²) in [5, 5.41) is 5.92. The highest BCUT2D eigenvalue weighted by molar-refractivity contribution is 6.02. The van der Waals surface area contributed by atoms with Gasteiger partial charge in [-0.1, -0.05) is 13.8 Å². The molecule has 0 saturated heterocycles. The zero-order chi connectivity index (χ0) is 15.9.